The topological polar surface area (TPSA) is 101 Å². The molecule has 3 rings (SSSR count). The lowest BCUT2D eigenvalue weighted by Gasteiger charge is -2.06. The summed E-state index contributed by atoms with van der Waals surface area (Å²) in [4.78, 5) is 12.2. The fraction of sp³-hybridized carbons (Fsp3) is 0.154. The first-order valence-electron chi connectivity index (χ1n) is 6.31. The normalized spacial score (nSPS) is 10.6. The Morgan fingerprint density at radius 1 is 1.24 bits per heavy atom. The van der Waals surface area contributed by atoms with Crippen LogP contribution in [0.25, 0.3) is 5.69 Å². The van der Waals surface area contributed by atoms with Crippen LogP contribution in [-0.2, 0) is 0 Å². The van der Waals surface area contributed by atoms with Gasteiger partial charge in [0.05, 0.1) is 22.8 Å². The van der Waals surface area contributed by atoms with Gasteiger partial charge in [0.2, 0.25) is 0 Å². The van der Waals surface area contributed by atoms with E-state index < -0.39 is 0 Å². The zero-order chi connectivity index (χ0) is 14.8. The van der Waals surface area contributed by atoms with Crippen LogP contribution in [0.3, 0.4) is 0 Å². The lowest BCUT2D eigenvalue weighted by atomic mass is 10.2. The summed E-state index contributed by atoms with van der Waals surface area (Å²) in [6, 6.07) is 6.99. The number of tetrazole rings is 1. The van der Waals surface area contributed by atoms with Crippen molar-refractivity contribution in [2.75, 3.05) is 5.32 Å². The van der Waals surface area contributed by atoms with E-state index in [0.717, 1.165) is 17.1 Å². The van der Waals surface area contributed by atoms with Crippen LogP contribution in [0, 0.1) is 13.8 Å². The van der Waals surface area contributed by atoms with Gasteiger partial charge in [-0.3, -0.25) is 9.89 Å². The lowest BCUT2D eigenvalue weighted by molar-refractivity contribution is 0.102. The highest BCUT2D eigenvalue weighted by molar-refractivity contribution is 6.04. The number of carbonyl (C=O) groups is 1. The molecule has 0 radical (unpaired) electrons. The maximum absolute atomic E-state index is 12.2. The zero-order valence-electron chi connectivity index (χ0n) is 11.5. The molecule has 0 unspecified atom stereocenters. The van der Waals surface area contributed by atoms with E-state index in [2.05, 4.69) is 31.0 Å². The lowest BCUT2D eigenvalue weighted by Crippen LogP contribution is -2.13. The Hall–Kier alpha value is -3.03. The van der Waals surface area contributed by atoms with Crippen LogP contribution in [-0.4, -0.2) is 36.3 Å². The summed E-state index contributed by atoms with van der Waals surface area (Å²) in [5.74, 6) is -0.189. The molecule has 0 saturated carbocycles. The first kappa shape index (κ1) is 13.0. The third-order valence-corrected chi connectivity index (χ3v) is 3.11. The second-order valence-corrected chi connectivity index (χ2v) is 4.56. The van der Waals surface area contributed by atoms with Crippen molar-refractivity contribution in [3.05, 3.63) is 47.5 Å². The van der Waals surface area contributed by atoms with Crippen molar-refractivity contribution in [2.24, 2.45) is 0 Å². The summed E-state index contributed by atoms with van der Waals surface area (Å²) in [5.41, 5.74) is 3.63. The molecule has 106 valence electrons. The molecule has 0 atom stereocenters. The summed E-state index contributed by atoms with van der Waals surface area (Å²) in [7, 11) is 0. The van der Waals surface area contributed by atoms with Gasteiger partial charge in [-0.25, -0.2) is 4.68 Å². The van der Waals surface area contributed by atoms with Gasteiger partial charge in [0, 0.05) is 5.56 Å². The maximum Gasteiger partial charge on any atom is 0.255 e. The number of aromatic nitrogens is 6. The molecular formula is C13H13N7O. The molecule has 8 nitrogen and oxygen atoms in total. The fourth-order valence-corrected chi connectivity index (χ4v) is 1.97. The predicted octanol–water partition coefficient (Wildman–Crippen LogP) is 1.25. The van der Waals surface area contributed by atoms with Gasteiger partial charge in [0.1, 0.15) is 6.33 Å². The molecule has 2 N–H and O–H groups in total. The number of amides is 1. The van der Waals surface area contributed by atoms with Gasteiger partial charge in [-0.05, 0) is 48.5 Å². The minimum Gasteiger partial charge on any atom is -0.319 e. The number of aromatic amines is 1. The Morgan fingerprint density at radius 2 is 2.00 bits per heavy atom. The fourth-order valence-electron chi connectivity index (χ4n) is 1.97. The van der Waals surface area contributed by atoms with Crippen LogP contribution in [0.4, 0.5) is 5.69 Å². The SMILES string of the molecule is Cc1n[nH]c(C)c1NC(=O)c1ccc(-n2cnnn2)cc1. The zero-order valence-corrected chi connectivity index (χ0v) is 11.5. The van der Waals surface area contributed by atoms with Crippen molar-refractivity contribution in [1.82, 2.24) is 30.4 Å². The van der Waals surface area contributed by atoms with Crippen molar-refractivity contribution in [2.45, 2.75) is 13.8 Å². The largest absolute Gasteiger partial charge is 0.319 e. The van der Waals surface area contributed by atoms with E-state index in [1.54, 1.807) is 24.3 Å². The van der Waals surface area contributed by atoms with Gasteiger partial charge in [-0.2, -0.15) is 5.10 Å². The third kappa shape index (κ3) is 2.50. The predicted molar refractivity (Wildman–Crippen MR) is 75.2 cm³/mol. The number of hydrogen-bond acceptors (Lipinski definition) is 5. The molecule has 0 bridgehead atoms. The first-order chi connectivity index (χ1) is 10.1. The van der Waals surface area contributed by atoms with E-state index in [1.165, 1.54) is 11.0 Å². The summed E-state index contributed by atoms with van der Waals surface area (Å²) in [6.45, 7) is 3.69. The van der Waals surface area contributed by atoms with E-state index >= 15 is 0 Å². The Labute approximate surface area is 120 Å². The molecule has 0 saturated heterocycles. The van der Waals surface area contributed by atoms with Crippen LogP contribution in [0.15, 0.2) is 30.6 Å². The highest BCUT2D eigenvalue weighted by atomic mass is 16.1. The number of hydrogen-bond donors (Lipinski definition) is 2. The monoisotopic (exact) mass is 283 g/mol. The number of aryl methyl sites for hydroxylation is 2. The summed E-state index contributed by atoms with van der Waals surface area (Å²) >= 11 is 0. The molecule has 2 heterocycles. The van der Waals surface area contributed by atoms with Gasteiger partial charge in [-0.15, -0.1) is 5.10 Å². The van der Waals surface area contributed by atoms with Crippen LogP contribution < -0.4 is 5.32 Å². The molecule has 8 heteroatoms. The Bertz CT molecular complexity index is 739. The van der Waals surface area contributed by atoms with Gasteiger partial charge in [0.15, 0.2) is 0 Å². The van der Waals surface area contributed by atoms with Crippen LogP contribution >= 0.6 is 0 Å². The summed E-state index contributed by atoms with van der Waals surface area (Å²) < 4.78 is 1.52. The highest BCUT2D eigenvalue weighted by Crippen LogP contribution is 2.17. The molecule has 0 aliphatic rings. The second-order valence-electron chi connectivity index (χ2n) is 4.56. The standard InChI is InChI=1S/C13H13N7O/c1-8-12(9(2)17-16-8)15-13(21)10-3-5-11(6-4-10)20-7-14-18-19-20/h3-7H,1-2H3,(H,15,21)(H,16,17). The van der Waals surface area contributed by atoms with Gasteiger partial charge >= 0.3 is 0 Å². The molecule has 21 heavy (non-hydrogen) atoms. The second kappa shape index (κ2) is 5.16. The average Bonchev–Trinajstić information content (AvgIpc) is 3.13. The highest BCUT2D eigenvalue weighted by Gasteiger charge is 2.12. The van der Waals surface area contributed by atoms with Crippen molar-refractivity contribution < 1.29 is 4.79 Å². The number of rotatable bonds is 3. The van der Waals surface area contributed by atoms with Gasteiger partial charge in [-0.1, -0.05) is 0 Å². The maximum atomic E-state index is 12.2. The van der Waals surface area contributed by atoms with Crippen LogP contribution in [0.2, 0.25) is 0 Å². The quantitative estimate of drug-likeness (QED) is 0.753. The minimum atomic E-state index is -0.189. The van der Waals surface area contributed by atoms with Crippen LogP contribution in [0.5, 0.6) is 0 Å². The molecule has 2 aromatic heterocycles. The number of anilines is 1. The van der Waals surface area contributed by atoms with E-state index in [-0.39, 0.29) is 5.91 Å². The van der Waals surface area contributed by atoms with E-state index in [4.69, 9.17) is 0 Å². The Kier molecular flexibility index (Phi) is 3.19. The first-order valence-corrected chi connectivity index (χ1v) is 6.31. The average molecular weight is 283 g/mol. The van der Waals surface area contributed by atoms with Crippen molar-refractivity contribution in [3.8, 4) is 5.69 Å². The number of H-pyrrole nitrogens is 1. The third-order valence-electron chi connectivity index (χ3n) is 3.11. The van der Waals surface area contributed by atoms with Gasteiger partial charge in [0.25, 0.3) is 5.91 Å². The number of carbonyl (C=O) groups excluding carboxylic acids is 1. The number of nitrogens with zero attached hydrogens (tertiary/aromatic N) is 5. The van der Waals surface area contributed by atoms with Gasteiger partial charge < -0.3 is 5.32 Å². The van der Waals surface area contributed by atoms with Crippen molar-refractivity contribution in [3.63, 3.8) is 0 Å². The summed E-state index contributed by atoms with van der Waals surface area (Å²) in [6.07, 6.45) is 1.49. The molecule has 0 fully saturated rings. The van der Waals surface area contributed by atoms with E-state index in [0.29, 0.717) is 11.3 Å². The molecule has 0 aliphatic carbocycles. The molecule has 0 aliphatic heterocycles. The molecule has 1 aromatic carbocycles. The minimum absolute atomic E-state index is 0.189. The summed E-state index contributed by atoms with van der Waals surface area (Å²) in [5, 5.41) is 20.6. The molecule has 3 aromatic rings. The Balaban J connectivity index is 1.79. The van der Waals surface area contributed by atoms with Crippen molar-refractivity contribution >= 4 is 11.6 Å². The molecule has 0 spiro atoms. The van der Waals surface area contributed by atoms with E-state index in [9.17, 15) is 4.79 Å². The van der Waals surface area contributed by atoms with Crippen LogP contribution in [0.1, 0.15) is 21.7 Å². The molecule has 1 amide bonds. The van der Waals surface area contributed by atoms with E-state index in [1.807, 2.05) is 13.8 Å². The molecular weight excluding hydrogens is 270 g/mol. The number of nitrogens with one attached hydrogen (secondary N) is 2. The van der Waals surface area contributed by atoms with Crippen molar-refractivity contribution in [1.29, 1.82) is 0 Å². The smallest absolute Gasteiger partial charge is 0.255 e. The Morgan fingerprint density at radius 3 is 2.57 bits per heavy atom. The number of benzene rings is 1.